The minimum absolute atomic E-state index is 0.0663. The SMILES string of the molecule is C[C@@]1(C2CC2)NC(=O)N(C[NH+]2CCCN(S(=O)(=O)c3ccc(F)cc3)CC2)C1=O. The van der Waals surface area contributed by atoms with E-state index in [0.717, 1.165) is 29.9 Å². The summed E-state index contributed by atoms with van der Waals surface area (Å²) in [7, 11) is -3.70. The maximum atomic E-state index is 13.1. The zero-order chi connectivity index (χ0) is 20.8. The number of amides is 3. The van der Waals surface area contributed by atoms with Crippen molar-refractivity contribution in [2.75, 3.05) is 32.8 Å². The summed E-state index contributed by atoms with van der Waals surface area (Å²) in [4.78, 5) is 27.5. The zero-order valence-corrected chi connectivity index (χ0v) is 17.2. The van der Waals surface area contributed by atoms with Crippen molar-refractivity contribution < 1.29 is 27.3 Å². The summed E-state index contributed by atoms with van der Waals surface area (Å²) in [5, 5.41) is 2.84. The Balaban J connectivity index is 1.41. The van der Waals surface area contributed by atoms with Crippen LogP contribution in [0, 0.1) is 11.7 Å². The number of carbonyl (C=O) groups excluding carboxylic acids is 2. The van der Waals surface area contributed by atoms with Gasteiger partial charge in [0, 0.05) is 13.0 Å². The largest absolute Gasteiger partial charge is 0.329 e. The van der Waals surface area contributed by atoms with Gasteiger partial charge in [-0.2, -0.15) is 4.31 Å². The van der Waals surface area contributed by atoms with Crippen molar-refractivity contribution in [3.8, 4) is 0 Å². The van der Waals surface area contributed by atoms with Crippen LogP contribution in [0.1, 0.15) is 26.2 Å². The number of imide groups is 1. The van der Waals surface area contributed by atoms with Crippen molar-refractivity contribution >= 4 is 22.0 Å². The summed E-state index contributed by atoms with van der Waals surface area (Å²) < 4.78 is 40.2. The first-order valence-electron chi connectivity index (χ1n) is 9.95. The van der Waals surface area contributed by atoms with Gasteiger partial charge in [0.05, 0.1) is 24.5 Å². The molecule has 0 spiro atoms. The molecule has 1 saturated carbocycles. The Kier molecular flexibility index (Phi) is 5.12. The lowest BCUT2D eigenvalue weighted by Gasteiger charge is -2.24. The van der Waals surface area contributed by atoms with Crippen LogP contribution < -0.4 is 10.2 Å². The van der Waals surface area contributed by atoms with Crippen LogP contribution in [0.15, 0.2) is 29.2 Å². The number of hydrogen-bond donors (Lipinski definition) is 2. The van der Waals surface area contributed by atoms with Gasteiger partial charge in [-0.05, 0) is 49.9 Å². The number of urea groups is 1. The first-order chi connectivity index (χ1) is 13.7. The van der Waals surface area contributed by atoms with Gasteiger partial charge in [-0.25, -0.2) is 22.5 Å². The summed E-state index contributed by atoms with van der Waals surface area (Å²) >= 11 is 0. The zero-order valence-electron chi connectivity index (χ0n) is 16.4. The van der Waals surface area contributed by atoms with Gasteiger partial charge in [0.1, 0.15) is 11.4 Å². The minimum Gasteiger partial charge on any atom is -0.323 e. The molecule has 1 aromatic rings. The molecule has 3 amide bonds. The predicted octanol–water partition coefficient (Wildman–Crippen LogP) is -0.217. The Labute approximate surface area is 169 Å². The van der Waals surface area contributed by atoms with Crippen LogP contribution in [-0.2, 0) is 14.8 Å². The van der Waals surface area contributed by atoms with Gasteiger partial charge >= 0.3 is 6.03 Å². The van der Waals surface area contributed by atoms with Gasteiger partial charge in [-0.1, -0.05) is 0 Å². The third kappa shape index (κ3) is 3.76. The van der Waals surface area contributed by atoms with E-state index < -0.39 is 21.4 Å². The second kappa shape index (κ2) is 7.33. The molecular weight excluding hydrogens is 399 g/mol. The number of nitrogens with zero attached hydrogens (tertiary/aromatic N) is 2. The molecule has 2 saturated heterocycles. The molecule has 3 fully saturated rings. The molecule has 0 radical (unpaired) electrons. The van der Waals surface area contributed by atoms with Crippen LogP contribution in [0.5, 0.6) is 0 Å². The van der Waals surface area contributed by atoms with Crippen LogP contribution in [0.3, 0.4) is 0 Å². The first-order valence-corrected chi connectivity index (χ1v) is 11.4. The Morgan fingerprint density at radius 1 is 1.17 bits per heavy atom. The van der Waals surface area contributed by atoms with E-state index in [-0.39, 0.29) is 36.0 Å². The van der Waals surface area contributed by atoms with Gasteiger partial charge in [0.15, 0.2) is 6.67 Å². The van der Waals surface area contributed by atoms with E-state index >= 15 is 0 Å². The minimum atomic E-state index is -3.70. The molecule has 4 rings (SSSR count). The van der Waals surface area contributed by atoms with Gasteiger partial charge in [0.2, 0.25) is 10.0 Å². The van der Waals surface area contributed by atoms with Crippen molar-refractivity contribution in [1.29, 1.82) is 0 Å². The third-order valence-corrected chi connectivity index (χ3v) is 8.09. The number of halogens is 1. The summed E-state index contributed by atoms with van der Waals surface area (Å²) in [6, 6.07) is 4.45. The third-order valence-electron chi connectivity index (χ3n) is 6.18. The quantitative estimate of drug-likeness (QED) is 0.639. The fourth-order valence-corrected chi connectivity index (χ4v) is 5.68. The van der Waals surface area contributed by atoms with Crippen molar-refractivity contribution in [3.05, 3.63) is 30.1 Å². The Morgan fingerprint density at radius 3 is 2.52 bits per heavy atom. The highest BCUT2D eigenvalue weighted by atomic mass is 32.2. The number of sulfonamides is 1. The highest BCUT2D eigenvalue weighted by Gasteiger charge is 2.56. The fraction of sp³-hybridized carbons (Fsp3) is 0.579. The van der Waals surface area contributed by atoms with Crippen LogP contribution in [0.4, 0.5) is 9.18 Å². The van der Waals surface area contributed by atoms with Gasteiger partial charge in [0.25, 0.3) is 5.91 Å². The summed E-state index contributed by atoms with van der Waals surface area (Å²) in [5.41, 5.74) is -0.805. The molecular formula is C19H26FN4O4S+. The lowest BCUT2D eigenvalue weighted by atomic mass is 9.96. The average Bonchev–Trinajstić information content (AvgIpc) is 3.50. The summed E-state index contributed by atoms with van der Waals surface area (Å²) in [6.07, 6.45) is 2.51. The van der Waals surface area contributed by atoms with Gasteiger partial charge in [-0.15, -0.1) is 0 Å². The molecule has 2 N–H and O–H groups in total. The maximum Gasteiger partial charge on any atom is 0.329 e. The van der Waals surface area contributed by atoms with E-state index in [1.54, 1.807) is 6.92 Å². The fourth-order valence-electron chi connectivity index (χ4n) is 4.20. The summed E-state index contributed by atoms with van der Waals surface area (Å²) in [5.74, 6) is -0.459. The molecule has 1 aliphatic carbocycles. The Hall–Kier alpha value is -2.04. The van der Waals surface area contributed by atoms with Crippen molar-refractivity contribution in [3.63, 3.8) is 0 Å². The van der Waals surface area contributed by atoms with E-state index in [4.69, 9.17) is 0 Å². The second-order valence-corrected chi connectivity index (χ2v) is 10.2. The van der Waals surface area contributed by atoms with E-state index in [0.29, 0.717) is 26.1 Å². The molecule has 0 bridgehead atoms. The van der Waals surface area contributed by atoms with Crippen LogP contribution in [0.2, 0.25) is 0 Å². The average molecular weight is 426 g/mol. The molecule has 2 atom stereocenters. The Bertz CT molecular complexity index is 919. The molecule has 0 aromatic heterocycles. The van der Waals surface area contributed by atoms with Crippen molar-refractivity contribution in [2.45, 2.75) is 36.6 Å². The van der Waals surface area contributed by atoms with E-state index in [1.807, 2.05) is 0 Å². The number of rotatable bonds is 5. The number of quaternary nitrogens is 1. The molecule has 1 unspecified atom stereocenters. The van der Waals surface area contributed by atoms with E-state index in [9.17, 15) is 22.4 Å². The van der Waals surface area contributed by atoms with Crippen molar-refractivity contribution in [1.82, 2.24) is 14.5 Å². The molecule has 3 aliphatic rings. The lowest BCUT2D eigenvalue weighted by molar-refractivity contribution is -0.905. The normalized spacial score (nSPS) is 29.0. The topological polar surface area (TPSA) is 91.2 Å². The first kappa shape index (κ1) is 20.2. The lowest BCUT2D eigenvalue weighted by Crippen LogP contribution is -3.14. The molecule has 8 nitrogen and oxygen atoms in total. The molecule has 10 heteroatoms. The van der Waals surface area contributed by atoms with Crippen LogP contribution in [0.25, 0.3) is 0 Å². The number of hydrogen-bond acceptors (Lipinski definition) is 4. The van der Waals surface area contributed by atoms with Crippen molar-refractivity contribution in [2.24, 2.45) is 5.92 Å². The number of benzene rings is 1. The second-order valence-electron chi connectivity index (χ2n) is 8.26. The van der Waals surface area contributed by atoms with Gasteiger partial charge in [-0.3, -0.25) is 4.79 Å². The molecule has 29 heavy (non-hydrogen) atoms. The van der Waals surface area contributed by atoms with Crippen LogP contribution in [-0.4, -0.2) is 67.9 Å². The standard InChI is InChI=1S/C19H25FN4O4S/c1-19(14-3-4-14)17(25)24(18(26)21-19)13-22-9-2-10-23(12-11-22)29(27,28)16-7-5-15(20)6-8-16/h5-8,14H,2-4,9-13H2,1H3,(H,21,26)/p+1/t19-/m0/s1. The van der Waals surface area contributed by atoms with E-state index in [1.165, 1.54) is 21.3 Å². The monoisotopic (exact) mass is 425 g/mol. The number of nitrogens with one attached hydrogen (secondary N) is 2. The van der Waals surface area contributed by atoms with E-state index in [2.05, 4.69) is 5.32 Å². The highest BCUT2D eigenvalue weighted by Crippen LogP contribution is 2.42. The predicted molar refractivity (Wildman–Crippen MR) is 102 cm³/mol. The highest BCUT2D eigenvalue weighted by molar-refractivity contribution is 7.89. The Morgan fingerprint density at radius 2 is 1.86 bits per heavy atom. The molecule has 2 aliphatic heterocycles. The maximum absolute atomic E-state index is 13.1. The van der Waals surface area contributed by atoms with Crippen LogP contribution >= 0.6 is 0 Å². The molecule has 1 aromatic carbocycles. The number of carbonyl (C=O) groups is 2. The molecule has 158 valence electrons. The summed E-state index contributed by atoms with van der Waals surface area (Å²) in [6.45, 7) is 3.79. The molecule has 2 heterocycles. The van der Waals surface area contributed by atoms with Gasteiger partial charge < -0.3 is 10.2 Å². The smallest absolute Gasteiger partial charge is 0.323 e.